The molecule has 0 bridgehead atoms. The van der Waals surface area contributed by atoms with E-state index in [2.05, 4.69) is 36.3 Å². The van der Waals surface area contributed by atoms with Crippen LogP contribution >= 0.6 is 0 Å². The molecule has 1 saturated heterocycles. The lowest BCUT2D eigenvalue weighted by molar-refractivity contribution is 0.121. The Bertz CT molecular complexity index is 393. The molecule has 1 aliphatic heterocycles. The molecule has 2 rings (SSSR count). The maximum Gasteiger partial charge on any atom is 0.191 e. The first-order valence-corrected chi connectivity index (χ1v) is 10.3. The summed E-state index contributed by atoms with van der Waals surface area (Å²) in [7, 11) is 1.78. The monoisotopic (exact) mass is 352 g/mol. The van der Waals surface area contributed by atoms with Crippen LogP contribution in [0.15, 0.2) is 4.99 Å². The van der Waals surface area contributed by atoms with Gasteiger partial charge in [0.25, 0.3) is 0 Å². The molecule has 0 atom stereocenters. The van der Waals surface area contributed by atoms with Crippen LogP contribution in [0.4, 0.5) is 0 Å². The zero-order valence-corrected chi connectivity index (χ0v) is 16.9. The molecule has 25 heavy (non-hydrogen) atoms. The van der Waals surface area contributed by atoms with Gasteiger partial charge in [0.15, 0.2) is 5.96 Å². The highest BCUT2D eigenvalue weighted by molar-refractivity contribution is 5.80. The number of nitrogens with one attached hydrogen (secondary N) is 2. The van der Waals surface area contributed by atoms with Crippen LogP contribution in [0.3, 0.4) is 0 Å². The Hall–Kier alpha value is -0.810. The van der Waals surface area contributed by atoms with Crippen molar-refractivity contribution in [2.24, 2.45) is 16.3 Å². The quantitative estimate of drug-likeness (QED) is 0.546. The van der Waals surface area contributed by atoms with Gasteiger partial charge in [-0.1, -0.05) is 13.8 Å². The molecule has 5 heteroatoms. The lowest BCUT2D eigenvalue weighted by atomic mass is 9.75. The number of methoxy groups -OCH3 is 1. The predicted molar refractivity (Wildman–Crippen MR) is 106 cm³/mol. The van der Waals surface area contributed by atoms with Gasteiger partial charge in [-0.15, -0.1) is 0 Å². The van der Waals surface area contributed by atoms with E-state index in [0.29, 0.717) is 11.5 Å². The van der Waals surface area contributed by atoms with Gasteiger partial charge in [0.05, 0.1) is 6.61 Å². The molecule has 1 saturated carbocycles. The standard InChI is InChI=1S/C20H40N4O/c1-5-21-19(23-18-6-10-20(2,3)11-7-18)22-16-17-8-12-24(13-9-17)14-15-25-4/h17-18H,5-16H2,1-4H3,(H2,21,22,23). The van der Waals surface area contributed by atoms with E-state index in [1.165, 1.54) is 51.6 Å². The number of hydrogen-bond acceptors (Lipinski definition) is 3. The minimum atomic E-state index is 0.518. The molecule has 2 N–H and O–H groups in total. The number of ether oxygens (including phenoxy) is 1. The van der Waals surface area contributed by atoms with E-state index in [-0.39, 0.29) is 0 Å². The maximum atomic E-state index is 5.18. The van der Waals surface area contributed by atoms with E-state index in [4.69, 9.17) is 9.73 Å². The summed E-state index contributed by atoms with van der Waals surface area (Å²) in [5, 5.41) is 7.12. The number of piperidine rings is 1. The molecule has 1 aliphatic carbocycles. The number of hydrogen-bond donors (Lipinski definition) is 2. The summed E-state index contributed by atoms with van der Waals surface area (Å²) < 4.78 is 5.18. The largest absolute Gasteiger partial charge is 0.383 e. The highest BCUT2D eigenvalue weighted by Crippen LogP contribution is 2.34. The average molecular weight is 353 g/mol. The summed E-state index contributed by atoms with van der Waals surface area (Å²) in [5.74, 6) is 1.74. The van der Waals surface area contributed by atoms with Crippen molar-refractivity contribution in [3.8, 4) is 0 Å². The van der Waals surface area contributed by atoms with Crippen molar-refractivity contribution in [1.29, 1.82) is 0 Å². The summed E-state index contributed by atoms with van der Waals surface area (Å²) in [4.78, 5) is 7.42. The molecule has 2 fully saturated rings. The van der Waals surface area contributed by atoms with Crippen LogP contribution in [0.2, 0.25) is 0 Å². The van der Waals surface area contributed by atoms with Crippen molar-refractivity contribution in [1.82, 2.24) is 15.5 Å². The smallest absolute Gasteiger partial charge is 0.191 e. The molecule has 2 aliphatic rings. The van der Waals surface area contributed by atoms with Gasteiger partial charge in [0.2, 0.25) is 0 Å². The van der Waals surface area contributed by atoms with Crippen molar-refractivity contribution >= 4 is 5.96 Å². The lowest BCUT2D eigenvalue weighted by Gasteiger charge is -2.35. The van der Waals surface area contributed by atoms with E-state index < -0.39 is 0 Å². The normalized spacial score (nSPS) is 23.6. The van der Waals surface area contributed by atoms with Crippen LogP contribution in [0.1, 0.15) is 59.3 Å². The first kappa shape index (κ1) is 20.5. The summed E-state index contributed by atoms with van der Waals surface area (Å²) in [5.41, 5.74) is 0.518. The van der Waals surface area contributed by atoms with E-state index in [0.717, 1.165) is 38.1 Å². The van der Waals surface area contributed by atoms with Crippen molar-refractivity contribution < 1.29 is 4.74 Å². The van der Waals surface area contributed by atoms with Gasteiger partial charge in [-0.05, 0) is 69.9 Å². The van der Waals surface area contributed by atoms with Gasteiger partial charge in [-0.25, -0.2) is 0 Å². The number of aliphatic imine (C=N–C) groups is 1. The summed E-state index contributed by atoms with van der Waals surface area (Å²) in [6.07, 6.45) is 7.65. The minimum absolute atomic E-state index is 0.518. The molecule has 146 valence electrons. The summed E-state index contributed by atoms with van der Waals surface area (Å²) >= 11 is 0. The SMILES string of the molecule is CCNC(=NCC1CCN(CCOC)CC1)NC1CCC(C)(C)CC1. The van der Waals surface area contributed by atoms with Crippen LogP contribution in [0.5, 0.6) is 0 Å². The average Bonchev–Trinajstić information content (AvgIpc) is 2.60. The molecule has 0 aromatic rings. The first-order chi connectivity index (χ1) is 12.0. The second kappa shape index (κ2) is 10.4. The molecule has 5 nitrogen and oxygen atoms in total. The zero-order chi connectivity index (χ0) is 18.1. The highest BCUT2D eigenvalue weighted by atomic mass is 16.5. The van der Waals surface area contributed by atoms with Gasteiger partial charge in [0, 0.05) is 32.8 Å². The van der Waals surface area contributed by atoms with Crippen LogP contribution < -0.4 is 10.6 Å². The fourth-order valence-corrected chi connectivity index (χ4v) is 3.89. The Morgan fingerprint density at radius 2 is 1.84 bits per heavy atom. The van der Waals surface area contributed by atoms with Gasteiger partial charge >= 0.3 is 0 Å². The van der Waals surface area contributed by atoms with Crippen molar-refractivity contribution in [3.05, 3.63) is 0 Å². The topological polar surface area (TPSA) is 48.9 Å². The van der Waals surface area contributed by atoms with Crippen molar-refractivity contribution in [2.75, 3.05) is 46.4 Å². The lowest BCUT2D eigenvalue weighted by Crippen LogP contribution is -2.46. The fraction of sp³-hybridized carbons (Fsp3) is 0.950. The Kier molecular flexibility index (Phi) is 8.50. The number of guanidine groups is 1. The molecule has 0 spiro atoms. The molecule has 0 aromatic carbocycles. The number of nitrogens with zero attached hydrogens (tertiary/aromatic N) is 2. The number of likely N-dealkylation sites (tertiary alicyclic amines) is 1. The van der Waals surface area contributed by atoms with Gasteiger partial charge in [0.1, 0.15) is 0 Å². The van der Waals surface area contributed by atoms with E-state index in [9.17, 15) is 0 Å². The Morgan fingerprint density at radius 1 is 1.16 bits per heavy atom. The van der Waals surface area contributed by atoms with Crippen LogP contribution in [0.25, 0.3) is 0 Å². The van der Waals surface area contributed by atoms with Crippen molar-refractivity contribution in [2.45, 2.75) is 65.3 Å². The molecule has 0 radical (unpaired) electrons. The zero-order valence-electron chi connectivity index (χ0n) is 16.9. The first-order valence-electron chi connectivity index (χ1n) is 10.3. The van der Waals surface area contributed by atoms with Gasteiger partial charge in [-0.2, -0.15) is 0 Å². The molecule has 0 unspecified atom stereocenters. The second-order valence-corrected chi connectivity index (χ2v) is 8.58. The summed E-state index contributed by atoms with van der Waals surface area (Å²) in [6.45, 7) is 13.1. The summed E-state index contributed by atoms with van der Waals surface area (Å²) in [6, 6.07) is 0.585. The Balaban J connectivity index is 1.74. The minimum Gasteiger partial charge on any atom is -0.383 e. The maximum absolute atomic E-state index is 5.18. The van der Waals surface area contributed by atoms with Crippen LogP contribution in [0, 0.1) is 11.3 Å². The van der Waals surface area contributed by atoms with Crippen LogP contribution in [-0.2, 0) is 4.74 Å². The van der Waals surface area contributed by atoms with E-state index in [1.807, 2.05) is 0 Å². The Morgan fingerprint density at radius 3 is 2.44 bits per heavy atom. The third-order valence-corrected chi connectivity index (χ3v) is 5.85. The van der Waals surface area contributed by atoms with E-state index in [1.54, 1.807) is 7.11 Å². The highest BCUT2D eigenvalue weighted by Gasteiger charge is 2.27. The molecular formula is C20H40N4O. The third-order valence-electron chi connectivity index (χ3n) is 5.85. The molecule has 0 aromatic heterocycles. The van der Waals surface area contributed by atoms with Crippen molar-refractivity contribution in [3.63, 3.8) is 0 Å². The van der Waals surface area contributed by atoms with Crippen LogP contribution in [-0.4, -0.2) is 63.3 Å². The second-order valence-electron chi connectivity index (χ2n) is 8.58. The molecule has 0 amide bonds. The van der Waals surface area contributed by atoms with Gasteiger partial charge < -0.3 is 20.3 Å². The molecule has 1 heterocycles. The van der Waals surface area contributed by atoms with E-state index >= 15 is 0 Å². The Labute approximate surface area is 155 Å². The third kappa shape index (κ3) is 7.53. The fourth-order valence-electron chi connectivity index (χ4n) is 3.89. The van der Waals surface area contributed by atoms with Gasteiger partial charge in [-0.3, -0.25) is 4.99 Å². The number of rotatable bonds is 7. The molecular weight excluding hydrogens is 312 g/mol. The predicted octanol–water partition coefficient (Wildman–Crippen LogP) is 2.87.